The van der Waals surface area contributed by atoms with Crippen LogP contribution in [-0.2, 0) is 23.8 Å². The van der Waals surface area contributed by atoms with Gasteiger partial charge in [0.05, 0.1) is 17.6 Å². The summed E-state index contributed by atoms with van der Waals surface area (Å²) in [7, 11) is 0. The normalized spacial score (nSPS) is 36.8. The highest BCUT2D eigenvalue weighted by Gasteiger charge is 2.46. The van der Waals surface area contributed by atoms with Crippen molar-refractivity contribution in [1.29, 1.82) is 0 Å². The number of hydrogen-bond acceptors (Lipinski definition) is 5. The van der Waals surface area contributed by atoms with Crippen molar-refractivity contribution in [3.05, 3.63) is 35.6 Å². The zero-order valence-corrected chi connectivity index (χ0v) is 15.7. The molecule has 2 rings (SSSR count). The minimum atomic E-state index is -0.393. The van der Waals surface area contributed by atoms with Gasteiger partial charge < -0.3 is 14.2 Å². The first kappa shape index (κ1) is 19.3. The maximum Gasteiger partial charge on any atom is 0.309 e. The van der Waals surface area contributed by atoms with Gasteiger partial charge in [-0.05, 0) is 32.4 Å². The average molecular weight is 348 g/mol. The van der Waals surface area contributed by atoms with Gasteiger partial charge >= 0.3 is 11.9 Å². The topological polar surface area (TPSA) is 61.8 Å². The highest BCUT2D eigenvalue weighted by atomic mass is 16.6. The Hall–Kier alpha value is -2.04. The smallest absolute Gasteiger partial charge is 0.309 e. The minimum absolute atomic E-state index is 0.112. The standard InChI is InChI=1S/C20H28O5/c1-11(2)23-17-9-12(3)7-8-16(24-15(6)21)13(4)10-18-19(17)14(5)20(22)25-18/h7,10,14,16-19H,1,8-9H2,2-6H3/b12-7-,13-10+/t14-,16+,17-,18+,19+/m0/s1. The molecule has 2 aliphatic rings. The number of ether oxygens (including phenoxy) is 3. The zero-order valence-electron chi connectivity index (χ0n) is 15.7. The highest BCUT2D eigenvalue weighted by molar-refractivity contribution is 5.75. The van der Waals surface area contributed by atoms with E-state index in [1.165, 1.54) is 6.92 Å². The molecule has 0 bridgehead atoms. The van der Waals surface area contributed by atoms with E-state index in [4.69, 9.17) is 14.2 Å². The van der Waals surface area contributed by atoms with Gasteiger partial charge in [-0.1, -0.05) is 25.2 Å². The molecule has 1 heterocycles. The fraction of sp³-hybridized carbons (Fsp3) is 0.600. The summed E-state index contributed by atoms with van der Waals surface area (Å²) in [6, 6.07) is 0. The van der Waals surface area contributed by atoms with E-state index in [9.17, 15) is 9.59 Å². The molecule has 0 aromatic carbocycles. The van der Waals surface area contributed by atoms with Gasteiger partial charge in [-0.25, -0.2) is 0 Å². The summed E-state index contributed by atoms with van der Waals surface area (Å²) >= 11 is 0. The van der Waals surface area contributed by atoms with E-state index in [2.05, 4.69) is 12.7 Å². The molecule has 5 atom stereocenters. The number of fused-ring (bicyclic) bond motifs is 1. The molecule has 0 unspecified atom stereocenters. The van der Waals surface area contributed by atoms with Crippen molar-refractivity contribution in [2.24, 2.45) is 11.8 Å². The lowest BCUT2D eigenvalue weighted by molar-refractivity contribution is -0.145. The third kappa shape index (κ3) is 4.74. The first-order valence-electron chi connectivity index (χ1n) is 8.72. The summed E-state index contributed by atoms with van der Waals surface area (Å²) in [4.78, 5) is 23.6. The Morgan fingerprint density at radius 1 is 1.28 bits per heavy atom. The first-order chi connectivity index (χ1) is 11.7. The van der Waals surface area contributed by atoms with E-state index in [0.717, 1.165) is 11.1 Å². The molecule has 0 aromatic rings. The van der Waals surface area contributed by atoms with Crippen LogP contribution in [0.1, 0.15) is 47.5 Å². The second-order valence-corrected chi connectivity index (χ2v) is 7.12. The second kappa shape index (κ2) is 7.89. The van der Waals surface area contributed by atoms with Crippen LogP contribution < -0.4 is 0 Å². The van der Waals surface area contributed by atoms with Crippen LogP contribution >= 0.6 is 0 Å². The number of esters is 2. The summed E-state index contributed by atoms with van der Waals surface area (Å²) in [5.74, 6) is -0.299. The first-order valence-corrected chi connectivity index (χ1v) is 8.72. The van der Waals surface area contributed by atoms with Crippen molar-refractivity contribution in [2.75, 3.05) is 0 Å². The van der Waals surface area contributed by atoms with Gasteiger partial charge in [-0.3, -0.25) is 9.59 Å². The van der Waals surface area contributed by atoms with Crippen molar-refractivity contribution >= 4 is 11.9 Å². The van der Waals surface area contributed by atoms with Crippen LogP contribution in [0.15, 0.2) is 35.6 Å². The lowest BCUT2D eigenvalue weighted by Gasteiger charge is -2.30. The summed E-state index contributed by atoms with van der Waals surface area (Å²) in [6.45, 7) is 12.9. The third-order valence-corrected chi connectivity index (χ3v) is 4.81. The molecule has 0 aromatic heterocycles. The molecule has 5 nitrogen and oxygen atoms in total. The number of carbonyl (C=O) groups excluding carboxylic acids is 2. The predicted octanol–water partition coefficient (Wildman–Crippen LogP) is 3.70. The van der Waals surface area contributed by atoms with Crippen LogP contribution in [0.2, 0.25) is 0 Å². The van der Waals surface area contributed by atoms with Crippen molar-refractivity contribution in [3.63, 3.8) is 0 Å². The number of carbonyl (C=O) groups is 2. The highest BCUT2D eigenvalue weighted by Crippen LogP contribution is 2.38. The van der Waals surface area contributed by atoms with E-state index in [1.54, 1.807) is 0 Å². The molecular formula is C20H28O5. The molecule has 0 spiro atoms. The Labute approximate surface area is 149 Å². The molecule has 138 valence electrons. The summed E-state index contributed by atoms with van der Waals surface area (Å²) in [6.07, 6.45) is 4.32. The SMILES string of the molecule is C=C(C)O[C@H]1C/C(C)=C\C[C@@H](OC(C)=O)/C(C)=C/[C@H]2OC(=O)[C@@H](C)[C@H]12. The predicted molar refractivity (Wildman–Crippen MR) is 94.5 cm³/mol. The summed E-state index contributed by atoms with van der Waals surface area (Å²) < 4.78 is 17.0. The van der Waals surface area contributed by atoms with Crippen LogP contribution in [0.25, 0.3) is 0 Å². The third-order valence-electron chi connectivity index (χ3n) is 4.81. The largest absolute Gasteiger partial charge is 0.495 e. The molecule has 1 fully saturated rings. The van der Waals surface area contributed by atoms with Crippen LogP contribution in [0.5, 0.6) is 0 Å². The second-order valence-electron chi connectivity index (χ2n) is 7.12. The molecule has 25 heavy (non-hydrogen) atoms. The lowest BCUT2D eigenvalue weighted by atomic mass is 9.82. The van der Waals surface area contributed by atoms with E-state index in [1.807, 2.05) is 33.8 Å². The maximum absolute atomic E-state index is 12.2. The molecule has 0 saturated carbocycles. The van der Waals surface area contributed by atoms with E-state index < -0.39 is 6.10 Å². The van der Waals surface area contributed by atoms with Gasteiger partial charge in [0.2, 0.25) is 0 Å². The molecule has 1 aliphatic heterocycles. The Bertz CT molecular complexity index is 616. The van der Waals surface area contributed by atoms with Crippen LogP contribution in [0, 0.1) is 11.8 Å². The quantitative estimate of drug-likeness (QED) is 0.442. The zero-order chi connectivity index (χ0) is 18.7. The molecule has 1 aliphatic carbocycles. The summed E-state index contributed by atoms with van der Waals surface area (Å²) in [5, 5.41) is 0. The van der Waals surface area contributed by atoms with E-state index in [-0.39, 0.29) is 36.0 Å². The van der Waals surface area contributed by atoms with Gasteiger partial charge in [0, 0.05) is 19.8 Å². The number of hydrogen-bond donors (Lipinski definition) is 0. The average Bonchev–Trinajstić information content (AvgIpc) is 2.75. The maximum atomic E-state index is 12.2. The van der Waals surface area contributed by atoms with Crippen molar-refractivity contribution in [2.45, 2.75) is 65.8 Å². The summed E-state index contributed by atoms with van der Waals surface area (Å²) in [5.41, 5.74) is 2.01. The van der Waals surface area contributed by atoms with Crippen molar-refractivity contribution < 1.29 is 23.8 Å². The molecule has 0 N–H and O–H groups in total. The van der Waals surface area contributed by atoms with Crippen LogP contribution in [-0.4, -0.2) is 30.3 Å². The molecular weight excluding hydrogens is 320 g/mol. The van der Waals surface area contributed by atoms with Gasteiger partial charge in [-0.15, -0.1) is 0 Å². The van der Waals surface area contributed by atoms with Crippen LogP contribution in [0.3, 0.4) is 0 Å². The monoisotopic (exact) mass is 348 g/mol. The fourth-order valence-electron chi connectivity index (χ4n) is 3.56. The number of rotatable bonds is 3. The van der Waals surface area contributed by atoms with E-state index >= 15 is 0 Å². The Morgan fingerprint density at radius 3 is 2.56 bits per heavy atom. The molecule has 0 radical (unpaired) electrons. The van der Waals surface area contributed by atoms with Crippen molar-refractivity contribution in [1.82, 2.24) is 0 Å². The molecule has 5 heteroatoms. The number of allylic oxidation sites excluding steroid dienone is 1. The van der Waals surface area contributed by atoms with Gasteiger partial charge in [-0.2, -0.15) is 0 Å². The lowest BCUT2D eigenvalue weighted by Crippen LogP contribution is -2.34. The minimum Gasteiger partial charge on any atom is -0.495 e. The van der Waals surface area contributed by atoms with Crippen LogP contribution in [0.4, 0.5) is 0 Å². The Kier molecular flexibility index (Phi) is 6.09. The van der Waals surface area contributed by atoms with Gasteiger partial charge in [0.15, 0.2) is 0 Å². The van der Waals surface area contributed by atoms with Gasteiger partial charge in [0.1, 0.15) is 18.3 Å². The molecule has 1 saturated heterocycles. The van der Waals surface area contributed by atoms with Crippen molar-refractivity contribution in [3.8, 4) is 0 Å². The Morgan fingerprint density at radius 2 is 1.96 bits per heavy atom. The fourth-order valence-corrected chi connectivity index (χ4v) is 3.56. The van der Waals surface area contributed by atoms with Gasteiger partial charge in [0.25, 0.3) is 0 Å². The molecule has 0 amide bonds. The van der Waals surface area contributed by atoms with E-state index in [0.29, 0.717) is 18.6 Å². The Balaban J connectivity index is 2.41.